The summed E-state index contributed by atoms with van der Waals surface area (Å²) >= 11 is 6.19. The van der Waals surface area contributed by atoms with Gasteiger partial charge in [-0.3, -0.25) is 0 Å². The van der Waals surface area contributed by atoms with Crippen LogP contribution in [0.5, 0.6) is 11.6 Å². The van der Waals surface area contributed by atoms with Crippen LogP contribution in [0.15, 0.2) is 36.4 Å². The minimum absolute atomic E-state index is 0.0627. The third kappa shape index (κ3) is 4.97. The Labute approximate surface area is 183 Å². The van der Waals surface area contributed by atoms with Crippen molar-refractivity contribution in [1.82, 2.24) is 14.2 Å². The van der Waals surface area contributed by atoms with E-state index in [2.05, 4.69) is 10.1 Å². The number of hydrogen-bond donors (Lipinski definition) is 1. The third-order valence-electron chi connectivity index (χ3n) is 4.25. The van der Waals surface area contributed by atoms with E-state index in [0.29, 0.717) is 34.8 Å². The van der Waals surface area contributed by atoms with Crippen LogP contribution in [0.3, 0.4) is 0 Å². The second-order valence-electron chi connectivity index (χ2n) is 6.60. The lowest BCUT2D eigenvalue weighted by atomic mass is 10.1. The van der Waals surface area contributed by atoms with Gasteiger partial charge in [-0.05, 0) is 32.0 Å². The average molecular weight is 466 g/mol. The summed E-state index contributed by atoms with van der Waals surface area (Å²) in [6, 6.07) is 6.24. The van der Waals surface area contributed by atoms with Crippen molar-refractivity contribution in [3.8, 4) is 22.9 Å². The number of carboxylic acid groups (broad SMARTS) is 1. The molecule has 0 unspecified atom stereocenters. The first kappa shape index (κ1) is 22.6. The molecule has 0 atom stereocenters. The monoisotopic (exact) mass is 465 g/mol. The van der Waals surface area contributed by atoms with E-state index in [1.807, 2.05) is 19.1 Å². The molecule has 9 nitrogen and oxygen atoms in total. The summed E-state index contributed by atoms with van der Waals surface area (Å²) in [7, 11) is -3.75. The maximum Gasteiger partial charge on any atom is 0.341 e. The van der Waals surface area contributed by atoms with Crippen LogP contribution in [-0.4, -0.2) is 53.1 Å². The number of halogens is 1. The minimum atomic E-state index is -3.75. The Morgan fingerprint density at radius 2 is 2.03 bits per heavy atom. The molecule has 0 amide bonds. The quantitative estimate of drug-likeness (QED) is 0.503. The molecule has 11 heteroatoms. The molecular formula is C20H20ClN3O6S. The number of ether oxygens (including phenoxy) is 2. The standard InChI is InChI=1S/C20H20ClN3O6S/c1-4-5-8-29-18-7-6-13(12(2)22-18)20-14-9-17(30-11-19(25)26)15(21)10-16(14)24(23-20)31(3,27)28/h4-7,9-10H,8,11H2,1-3H3,(H,25,26)/b5-4-. The fourth-order valence-electron chi connectivity index (χ4n) is 2.89. The topological polar surface area (TPSA) is 121 Å². The number of rotatable bonds is 8. The van der Waals surface area contributed by atoms with E-state index < -0.39 is 22.6 Å². The Bertz CT molecular complexity index is 1280. The fourth-order valence-corrected chi connectivity index (χ4v) is 3.84. The largest absolute Gasteiger partial charge is 0.480 e. The normalized spacial score (nSPS) is 11.9. The van der Waals surface area contributed by atoms with Gasteiger partial charge in [0.05, 0.1) is 22.5 Å². The van der Waals surface area contributed by atoms with Crippen LogP contribution < -0.4 is 9.47 Å². The molecule has 0 radical (unpaired) electrons. The number of aryl methyl sites for hydroxylation is 1. The predicted octanol–water partition coefficient (Wildman–Crippen LogP) is 3.29. The second-order valence-corrected chi connectivity index (χ2v) is 8.82. The highest BCUT2D eigenvalue weighted by atomic mass is 35.5. The van der Waals surface area contributed by atoms with Gasteiger partial charge in [0.2, 0.25) is 5.88 Å². The van der Waals surface area contributed by atoms with Crippen LogP contribution in [-0.2, 0) is 14.8 Å². The van der Waals surface area contributed by atoms with Crippen molar-refractivity contribution in [1.29, 1.82) is 0 Å². The first-order valence-corrected chi connectivity index (χ1v) is 11.3. The van der Waals surface area contributed by atoms with Crippen LogP contribution in [0.2, 0.25) is 5.02 Å². The van der Waals surface area contributed by atoms with E-state index in [-0.39, 0.29) is 16.3 Å². The van der Waals surface area contributed by atoms with Gasteiger partial charge in [-0.25, -0.2) is 18.2 Å². The predicted molar refractivity (Wildman–Crippen MR) is 116 cm³/mol. The molecule has 0 saturated heterocycles. The Balaban J connectivity index is 2.17. The zero-order valence-corrected chi connectivity index (χ0v) is 18.6. The average Bonchev–Trinajstić information content (AvgIpc) is 3.05. The Hall–Kier alpha value is -3.11. The summed E-state index contributed by atoms with van der Waals surface area (Å²) in [6.07, 6.45) is 4.73. The molecule has 2 aromatic heterocycles. The summed E-state index contributed by atoms with van der Waals surface area (Å²) in [5.74, 6) is -0.653. The number of fused-ring (bicyclic) bond motifs is 1. The third-order valence-corrected chi connectivity index (χ3v) is 5.45. The number of carbonyl (C=O) groups is 1. The highest BCUT2D eigenvalue weighted by molar-refractivity contribution is 7.89. The highest BCUT2D eigenvalue weighted by Crippen LogP contribution is 2.37. The fraction of sp³-hybridized carbons (Fsp3) is 0.250. The molecule has 2 heterocycles. The molecule has 0 fully saturated rings. The summed E-state index contributed by atoms with van der Waals surface area (Å²) in [5, 5.41) is 13.6. The van der Waals surface area contributed by atoms with Gasteiger partial charge in [0.25, 0.3) is 10.0 Å². The van der Waals surface area contributed by atoms with Crippen molar-refractivity contribution in [2.75, 3.05) is 19.5 Å². The molecule has 164 valence electrons. The first-order chi connectivity index (χ1) is 14.6. The summed E-state index contributed by atoms with van der Waals surface area (Å²) < 4.78 is 36.2. The Morgan fingerprint density at radius 3 is 2.65 bits per heavy atom. The molecule has 0 aliphatic rings. The van der Waals surface area contributed by atoms with Crippen molar-refractivity contribution in [3.63, 3.8) is 0 Å². The van der Waals surface area contributed by atoms with Crippen LogP contribution in [0.1, 0.15) is 12.6 Å². The summed E-state index contributed by atoms with van der Waals surface area (Å²) in [6.45, 7) is 3.41. The van der Waals surface area contributed by atoms with E-state index in [0.717, 1.165) is 10.3 Å². The molecule has 0 bridgehead atoms. The Kier molecular flexibility index (Phi) is 6.51. The summed E-state index contributed by atoms with van der Waals surface area (Å²) in [5.41, 5.74) is 1.72. The number of carboxylic acids is 1. The van der Waals surface area contributed by atoms with Gasteiger partial charge < -0.3 is 14.6 Å². The van der Waals surface area contributed by atoms with Crippen molar-refractivity contribution >= 4 is 38.5 Å². The number of allylic oxidation sites excluding steroid dienone is 1. The van der Waals surface area contributed by atoms with Crippen LogP contribution in [0.25, 0.3) is 22.2 Å². The number of nitrogens with zero attached hydrogens (tertiary/aromatic N) is 3. The van der Waals surface area contributed by atoms with Crippen LogP contribution in [0, 0.1) is 6.92 Å². The molecule has 1 N–H and O–H groups in total. The van der Waals surface area contributed by atoms with E-state index in [1.165, 1.54) is 12.1 Å². The first-order valence-electron chi connectivity index (χ1n) is 9.11. The molecule has 31 heavy (non-hydrogen) atoms. The van der Waals surface area contributed by atoms with Gasteiger partial charge in [-0.15, -0.1) is 0 Å². The molecule has 1 aromatic carbocycles. The van der Waals surface area contributed by atoms with Gasteiger partial charge in [-0.1, -0.05) is 23.8 Å². The number of pyridine rings is 1. The van der Waals surface area contributed by atoms with E-state index in [1.54, 1.807) is 19.1 Å². The molecule has 3 aromatic rings. The van der Waals surface area contributed by atoms with Gasteiger partial charge in [0.1, 0.15) is 18.1 Å². The van der Waals surface area contributed by atoms with E-state index in [4.69, 9.17) is 26.2 Å². The lowest BCUT2D eigenvalue weighted by Gasteiger charge is -2.08. The lowest BCUT2D eigenvalue weighted by Crippen LogP contribution is -2.12. The maximum atomic E-state index is 12.3. The zero-order chi connectivity index (χ0) is 22.8. The van der Waals surface area contributed by atoms with E-state index in [9.17, 15) is 13.2 Å². The SMILES string of the molecule is C/C=C\COc1ccc(-c2nn(S(C)(=O)=O)c3cc(Cl)c(OCC(=O)O)cc23)c(C)n1. The number of aliphatic carboxylic acids is 1. The molecule has 0 saturated carbocycles. The van der Waals surface area contributed by atoms with Crippen molar-refractivity contribution in [3.05, 3.63) is 47.1 Å². The van der Waals surface area contributed by atoms with Crippen LogP contribution in [0.4, 0.5) is 0 Å². The van der Waals surface area contributed by atoms with Crippen LogP contribution >= 0.6 is 11.6 Å². The van der Waals surface area contributed by atoms with Gasteiger partial charge >= 0.3 is 5.97 Å². The lowest BCUT2D eigenvalue weighted by molar-refractivity contribution is -0.139. The molecule has 0 spiro atoms. The van der Waals surface area contributed by atoms with Gasteiger partial charge in [0.15, 0.2) is 6.61 Å². The minimum Gasteiger partial charge on any atom is -0.480 e. The molecule has 0 aliphatic carbocycles. The highest BCUT2D eigenvalue weighted by Gasteiger charge is 2.22. The van der Waals surface area contributed by atoms with Crippen molar-refractivity contribution < 1.29 is 27.8 Å². The number of hydrogen-bond acceptors (Lipinski definition) is 7. The van der Waals surface area contributed by atoms with Crippen molar-refractivity contribution in [2.24, 2.45) is 0 Å². The Morgan fingerprint density at radius 1 is 1.29 bits per heavy atom. The second kappa shape index (κ2) is 8.94. The van der Waals surface area contributed by atoms with Gasteiger partial charge in [0, 0.05) is 17.0 Å². The smallest absolute Gasteiger partial charge is 0.341 e. The number of aromatic nitrogens is 3. The molecule has 0 aliphatic heterocycles. The summed E-state index contributed by atoms with van der Waals surface area (Å²) in [4.78, 5) is 15.3. The van der Waals surface area contributed by atoms with Crippen molar-refractivity contribution in [2.45, 2.75) is 13.8 Å². The molecule has 3 rings (SSSR count). The van der Waals surface area contributed by atoms with E-state index >= 15 is 0 Å². The molecular weight excluding hydrogens is 446 g/mol. The number of benzene rings is 1. The van der Waals surface area contributed by atoms with Gasteiger partial charge in [-0.2, -0.15) is 9.19 Å². The zero-order valence-electron chi connectivity index (χ0n) is 17.0. The maximum absolute atomic E-state index is 12.3.